The van der Waals surface area contributed by atoms with Crippen LogP contribution in [0.5, 0.6) is 0 Å². The van der Waals surface area contributed by atoms with Crippen LogP contribution in [0.2, 0.25) is 0 Å². The topological polar surface area (TPSA) is 64.4 Å². The van der Waals surface area contributed by atoms with Crippen LogP contribution in [0.25, 0.3) is 0 Å². The molecule has 0 aromatic carbocycles. The number of amides is 1. The maximum atomic E-state index is 11.9. The highest BCUT2D eigenvalue weighted by Gasteiger charge is 2.30. The second kappa shape index (κ2) is 5.62. The van der Waals surface area contributed by atoms with Crippen LogP contribution in [-0.4, -0.2) is 24.7 Å². The zero-order valence-corrected chi connectivity index (χ0v) is 10.7. The molecular weight excluding hydrogens is 236 g/mol. The average Bonchev–Trinajstić information content (AvgIpc) is 3.00. The van der Waals surface area contributed by atoms with Gasteiger partial charge < -0.3 is 15.8 Å². The fourth-order valence-electron chi connectivity index (χ4n) is 1.99. The Morgan fingerprint density at radius 2 is 2.53 bits per heavy atom. The zero-order chi connectivity index (χ0) is 12.3. The van der Waals surface area contributed by atoms with Crippen LogP contribution >= 0.6 is 11.3 Å². The van der Waals surface area contributed by atoms with Crippen LogP contribution in [0.4, 0.5) is 0 Å². The second-order valence-corrected chi connectivity index (χ2v) is 5.28. The maximum Gasteiger partial charge on any atom is 0.249 e. The molecule has 2 unspecified atom stereocenters. The first-order valence-electron chi connectivity index (χ1n) is 5.90. The van der Waals surface area contributed by atoms with Crippen LogP contribution in [0.3, 0.4) is 0 Å². The van der Waals surface area contributed by atoms with Crippen LogP contribution in [0.1, 0.15) is 30.7 Å². The molecule has 94 valence electrons. The summed E-state index contributed by atoms with van der Waals surface area (Å²) in [6.07, 6.45) is 1.36. The van der Waals surface area contributed by atoms with Gasteiger partial charge in [-0.15, -0.1) is 11.3 Å². The Balaban J connectivity index is 1.85. The van der Waals surface area contributed by atoms with Crippen LogP contribution in [-0.2, 0) is 9.53 Å². The number of nitrogens with two attached hydrogens (primary N) is 1. The van der Waals surface area contributed by atoms with Crippen molar-refractivity contribution in [3.8, 4) is 0 Å². The highest BCUT2D eigenvalue weighted by atomic mass is 32.1. The zero-order valence-electron chi connectivity index (χ0n) is 9.89. The van der Waals surface area contributed by atoms with E-state index in [1.807, 2.05) is 24.4 Å². The lowest BCUT2D eigenvalue weighted by atomic mass is 10.2. The molecule has 3 N–H and O–H groups in total. The molecule has 1 amide bonds. The number of carbonyl (C=O) groups is 1. The molecule has 1 aliphatic rings. The molecule has 0 radical (unpaired) electrons. The number of ether oxygens (including phenoxy) is 1. The Hall–Kier alpha value is -0.910. The maximum absolute atomic E-state index is 11.9. The lowest BCUT2D eigenvalue weighted by molar-refractivity contribution is -0.132. The third kappa shape index (κ3) is 3.06. The van der Waals surface area contributed by atoms with Crippen molar-refractivity contribution in [1.82, 2.24) is 5.32 Å². The van der Waals surface area contributed by atoms with E-state index in [-0.39, 0.29) is 24.2 Å². The Labute approximate surface area is 105 Å². The standard InChI is InChI=1S/C12H18N2O2S/c1-8(11-3-2-6-17-11)14-12(15)10-5-4-9(7-13)16-10/h2-3,6,8-10H,4-5,7,13H2,1H3,(H,14,15)/t8-,9?,10?/m1/s1. The Morgan fingerprint density at radius 3 is 3.12 bits per heavy atom. The molecule has 0 aliphatic carbocycles. The molecule has 5 heteroatoms. The molecule has 1 aliphatic heterocycles. The van der Waals surface area contributed by atoms with Gasteiger partial charge >= 0.3 is 0 Å². The van der Waals surface area contributed by atoms with Gasteiger partial charge in [0.25, 0.3) is 0 Å². The number of nitrogens with one attached hydrogen (secondary N) is 1. The molecule has 3 atom stereocenters. The molecule has 0 spiro atoms. The summed E-state index contributed by atoms with van der Waals surface area (Å²) in [5.74, 6) is -0.0261. The largest absolute Gasteiger partial charge is 0.364 e. The van der Waals surface area contributed by atoms with Crippen molar-refractivity contribution in [1.29, 1.82) is 0 Å². The quantitative estimate of drug-likeness (QED) is 0.854. The SMILES string of the molecule is C[C@@H](NC(=O)C1CCC(CN)O1)c1cccs1. The van der Waals surface area contributed by atoms with Gasteiger partial charge in [-0.25, -0.2) is 0 Å². The monoisotopic (exact) mass is 254 g/mol. The van der Waals surface area contributed by atoms with Gasteiger partial charge in [-0.3, -0.25) is 4.79 Å². The van der Waals surface area contributed by atoms with Crippen molar-refractivity contribution in [3.05, 3.63) is 22.4 Å². The molecule has 1 fully saturated rings. The minimum Gasteiger partial charge on any atom is -0.364 e. The van der Waals surface area contributed by atoms with Gasteiger partial charge in [-0.2, -0.15) is 0 Å². The smallest absolute Gasteiger partial charge is 0.249 e. The Morgan fingerprint density at radius 1 is 1.71 bits per heavy atom. The van der Waals surface area contributed by atoms with E-state index < -0.39 is 0 Å². The highest BCUT2D eigenvalue weighted by molar-refractivity contribution is 7.10. The second-order valence-electron chi connectivity index (χ2n) is 4.31. The van der Waals surface area contributed by atoms with Crippen molar-refractivity contribution in [2.75, 3.05) is 6.54 Å². The molecule has 2 rings (SSSR count). The summed E-state index contributed by atoms with van der Waals surface area (Å²) in [5.41, 5.74) is 5.52. The van der Waals surface area contributed by atoms with E-state index in [4.69, 9.17) is 10.5 Å². The summed E-state index contributed by atoms with van der Waals surface area (Å²) < 4.78 is 5.56. The number of rotatable bonds is 4. The summed E-state index contributed by atoms with van der Waals surface area (Å²) in [4.78, 5) is 13.1. The molecule has 2 heterocycles. The first kappa shape index (κ1) is 12.5. The fraction of sp³-hybridized carbons (Fsp3) is 0.583. The fourth-order valence-corrected chi connectivity index (χ4v) is 2.72. The lowest BCUT2D eigenvalue weighted by Gasteiger charge is -2.16. The molecule has 4 nitrogen and oxygen atoms in total. The first-order chi connectivity index (χ1) is 8.20. The van der Waals surface area contributed by atoms with Crippen molar-refractivity contribution in [2.45, 2.75) is 38.0 Å². The predicted molar refractivity (Wildman–Crippen MR) is 67.8 cm³/mol. The molecule has 17 heavy (non-hydrogen) atoms. The van der Waals surface area contributed by atoms with Crippen molar-refractivity contribution < 1.29 is 9.53 Å². The molecule has 1 aromatic heterocycles. The number of hydrogen-bond donors (Lipinski definition) is 2. The molecule has 1 aromatic rings. The third-order valence-electron chi connectivity index (χ3n) is 2.99. The average molecular weight is 254 g/mol. The van der Waals surface area contributed by atoms with Crippen molar-refractivity contribution >= 4 is 17.2 Å². The van der Waals surface area contributed by atoms with Gasteiger partial charge in [0, 0.05) is 11.4 Å². The van der Waals surface area contributed by atoms with Crippen LogP contribution in [0.15, 0.2) is 17.5 Å². The number of carbonyl (C=O) groups excluding carboxylic acids is 1. The van der Waals surface area contributed by atoms with E-state index in [2.05, 4.69) is 5.32 Å². The van der Waals surface area contributed by atoms with Crippen LogP contribution < -0.4 is 11.1 Å². The minimum absolute atomic E-state index is 0.0261. The lowest BCUT2D eigenvalue weighted by Crippen LogP contribution is -2.36. The summed E-state index contributed by atoms with van der Waals surface area (Å²) in [5, 5.41) is 4.98. The first-order valence-corrected chi connectivity index (χ1v) is 6.78. The third-order valence-corrected chi connectivity index (χ3v) is 4.05. The summed E-state index contributed by atoms with van der Waals surface area (Å²) in [6, 6.07) is 4.05. The van der Waals surface area contributed by atoms with Gasteiger partial charge in [0.2, 0.25) is 5.91 Å². The van der Waals surface area contributed by atoms with E-state index in [0.717, 1.165) is 17.7 Å². The Kier molecular flexibility index (Phi) is 4.15. The summed E-state index contributed by atoms with van der Waals surface area (Å²) in [6.45, 7) is 2.48. The normalized spacial score (nSPS) is 25.8. The van der Waals surface area contributed by atoms with Gasteiger partial charge in [0.15, 0.2) is 0 Å². The van der Waals surface area contributed by atoms with Gasteiger partial charge in [0.1, 0.15) is 6.10 Å². The molecule has 1 saturated heterocycles. The van der Waals surface area contributed by atoms with E-state index in [1.165, 1.54) is 0 Å². The van der Waals surface area contributed by atoms with E-state index in [1.54, 1.807) is 11.3 Å². The van der Waals surface area contributed by atoms with E-state index in [9.17, 15) is 4.79 Å². The molecule has 0 saturated carbocycles. The van der Waals surface area contributed by atoms with Crippen LogP contribution in [0, 0.1) is 0 Å². The minimum atomic E-state index is -0.328. The summed E-state index contributed by atoms with van der Waals surface area (Å²) >= 11 is 1.65. The van der Waals surface area contributed by atoms with E-state index in [0.29, 0.717) is 6.54 Å². The highest BCUT2D eigenvalue weighted by Crippen LogP contribution is 2.22. The van der Waals surface area contributed by atoms with Gasteiger partial charge in [-0.05, 0) is 31.2 Å². The van der Waals surface area contributed by atoms with Gasteiger partial charge in [-0.1, -0.05) is 6.07 Å². The van der Waals surface area contributed by atoms with Gasteiger partial charge in [0.05, 0.1) is 12.1 Å². The van der Waals surface area contributed by atoms with Crippen molar-refractivity contribution in [3.63, 3.8) is 0 Å². The number of hydrogen-bond acceptors (Lipinski definition) is 4. The molecular formula is C12H18N2O2S. The summed E-state index contributed by atoms with van der Waals surface area (Å²) in [7, 11) is 0. The van der Waals surface area contributed by atoms with Crippen molar-refractivity contribution in [2.24, 2.45) is 5.73 Å². The Bertz CT molecular complexity index is 367. The number of thiophene rings is 1. The van der Waals surface area contributed by atoms with E-state index >= 15 is 0 Å². The predicted octanol–water partition coefficient (Wildman–Crippen LogP) is 1.43. The molecule has 0 bridgehead atoms.